The molecule has 0 radical (unpaired) electrons. The van der Waals surface area contributed by atoms with Crippen molar-refractivity contribution in [2.24, 2.45) is 0 Å². The summed E-state index contributed by atoms with van der Waals surface area (Å²) < 4.78 is 1.72. The van der Waals surface area contributed by atoms with Crippen molar-refractivity contribution in [1.29, 1.82) is 0 Å². The van der Waals surface area contributed by atoms with Gasteiger partial charge in [0.05, 0.1) is 23.9 Å². The van der Waals surface area contributed by atoms with Crippen molar-refractivity contribution >= 4 is 11.8 Å². The van der Waals surface area contributed by atoms with Crippen LogP contribution in [0.2, 0.25) is 0 Å². The van der Waals surface area contributed by atoms with Crippen molar-refractivity contribution in [3.8, 4) is 5.82 Å². The van der Waals surface area contributed by atoms with Gasteiger partial charge in [0.1, 0.15) is 0 Å². The third-order valence-corrected chi connectivity index (χ3v) is 5.28. The Kier molecular flexibility index (Phi) is 5.83. The molecule has 8 heteroatoms. The van der Waals surface area contributed by atoms with E-state index in [9.17, 15) is 9.59 Å². The molecule has 0 aromatic carbocycles. The average Bonchev–Trinajstić information content (AvgIpc) is 3.24. The molecule has 8 nitrogen and oxygen atoms in total. The van der Waals surface area contributed by atoms with Crippen molar-refractivity contribution in [1.82, 2.24) is 29.5 Å². The molecule has 0 unspecified atom stereocenters. The second-order valence-electron chi connectivity index (χ2n) is 7.13. The maximum atomic E-state index is 13.1. The van der Waals surface area contributed by atoms with E-state index in [1.165, 1.54) is 0 Å². The smallest absolute Gasteiger partial charge is 0.257 e. The summed E-state index contributed by atoms with van der Waals surface area (Å²) in [5.74, 6) is 0.683. The van der Waals surface area contributed by atoms with Crippen LogP contribution in [0, 0.1) is 0 Å². The van der Waals surface area contributed by atoms with Crippen molar-refractivity contribution < 1.29 is 9.59 Å². The lowest BCUT2D eigenvalue weighted by molar-refractivity contribution is -0.132. The Labute approximate surface area is 175 Å². The van der Waals surface area contributed by atoms with Crippen LogP contribution in [-0.2, 0) is 17.6 Å². The number of amides is 2. The monoisotopic (exact) mass is 404 g/mol. The van der Waals surface area contributed by atoms with E-state index in [4.69, 9.17) is 0 Å². The number of nitrogens with zero attached hydrogens (tertiary/aromatic N) is 6. The zero-order valence-corrected chi connectivity index (χ0v) is 16.9. The van der Waals surface area contributed by atoms with Gasteiger partial charge in [-0.2, -0.15) is 5.10 Å². The normalized spacial score (nSPS) is 14.0. The van der Waals surface area contributed by atoms with Crippen LogP contribution >= 0.6 is 0 Å². The number of piperazine rings is 1. The van der Waals surface area contributed by atoms with Crippen LogP contribution in [0.15, 0.2) is 55.0 Å². The minimum absolute atomic E-state index is 0.0398. The molecule has 3 aromatic heterocycles. The summed E-state index contributed by atoms with van der Waals surface area (Å²) in [4.78, 5) is 37.8. The lowest BCUT2D eigenvalue weighted by atomic mass is 10.1. The minimum atomic E-state index is -0.0501. The third-order valence-electron chi connectivity index (χ3n) is 5.28. The van der Waals surface area contributed by atoms with E-state index < -0.39 is 0 Å². The highest BCUT2D eigenvalue weighted by Crippen LogP contribution is 2.17. The topological polar surface area (TPSA) is 84.2 Å². The summed E-state index contributed by atoms with van der Waals surface area (Å²) in [5.41, 5.74) is 2.19. The Morgan fingerprint density at radius 2 is 1.63 bits per heavy atom. The standard InChI is InChI=1S/C22H24N6O2/c1-2-19-18(16-25-28(19)20-8-4-6-10-24-20)22(30)27-13-11-26(12-14-27)21(29)15-17-7-3-5-9-23-17/h3-10,16H,2,11-15H2,1H3. The Bertz CT molecular complexity index is 1010. The van der Waals surface area contributed by atoms with Crippen molar-refractivity contribution in [2.75, 3.05) is 26.2 Å². The van der Waals surface area contributed by atoms with Gasteiger partial charge in [-0.15, -0.1) is 0 Å². The molecule has 0 aliphatic carbocycles. The molecule has 0 N–H and O–H groups in total. The van der Waals surface area contributed by atoms with Crippen molar-refractivity contribution in [3.63, 3.8) is 0 Å². The molecule has 1 aliphatic heterocycles. The maximum Gasteiger partial charge on any atom is 0.257 e. The van der Waals surface area contributed by atoms with E-state index in [1.54, 1.807) is 33.1 Å². The third kappa shape index (κ3) is 4.07. The number of rotatable bonds is 5. The first-order valence-corrected chi connectivity index (χ1v) is 10.1. The first-order chi connectivity index (χ1) is 14.7. The molecule has 2 amide bonds. The molecule has 154 valence electrons. The quantitative estimate of drug-likeness (QED) is 0.647. The predicted molar refractivity (Wildman–Crippen MR) is 111 cm³/mol. The van der Waals surface area contributed by atoms with E-state index in [2.05, 4.69) is 15.1 Å². The fourth-order valence-electron chi connectivity index (χ4n) is 3.67. The maximum absolute atomic E-state index is 13.1. The van der Waals surface area contributed by atoms with E-state index in [0.29, 0.717) is 44.0 Å². The Hall–Kier alpha value is -3.55. The minimum Gasteiger partial charge on any atom is -0.339 e. The first-order valence-electron chi connectivity index (χ1n) is 10.1. The summed E-state index contributed by atoms with van der Waals surface area (Å²) in [6.07, 6.45) is 5.97. The van der Waals surface area contributed by atoms with Crippen molar-refractivity contribution in [2.45, 2.75) is 19.8 Å². The molecule has 30 heavy (non-hydrogen) atoms. The van der Waals surface area contributed by atoms with Crippen LogP contribution in [0.25, 0.3) is 5.82 Å². The SMILES string of the molecule is CCc1c(C(=O)N2CCN(C(=O)Cc3ccccn3)CC2)cnn1-c1ccccn1. The molecule has 4 rings (SSSR count). The summed E-state index contributed by atoms with van der Waals surface area (Å²) in [6.45, 7) is 4.05. The van der Waals surface area contributed by atoms with Gasteiger partial charge in [0, 0.05) is 44.3 Å². The average molecular weight is 404 g/mol. The number of aromatic nitrogens is 4. The highest BCUT2D eigenvalue weighted by Gasteiger charge is 2.27. The molecule has 0 saturated carbocycles. The van der Waals surface area contributed by atoms with Gasteiger partial charge >= 0.3 is 0 Å². The lowest BCUT2D eigenvalue weighted by Crippen LogP contribution is -2.51. The van der Waals surface area contributed by atoms with Crippen LogP contribution in [0.1, 0.15) is 28.7 Å². The van der Waals surface area contributed by atoms with Gasteiger partial charge < -0.3 is 9.80 Å². The van der Waals surface area contributed by atoms with Crippen LogP contribution in [-0.4, -0.2) is 67.5 Å². The Morgan fingerprint density at radius 1 is 0.933 bits per heavy atom. The van der Waals surface area contributed by atoms with Crippen LogP contribution in [0.3, 0.4) is 0 Å². The zero-order valence-electron chi connectivity index (χ0n) is 16.9. The van der Waals surface area contributed by atoms with Gasteiger partial charge in [0.25, 0.3) is 5.91 Å². The van der Waals surface area contributed by atoms with Gasteiger partial charge in [0.15, 0.2) is 5.82 Å². The Balaban J connectivity index is 1.41. The molecule has 1 saturated heterocycles. The Morgan fingerprint density at radius 3 is 2.27 bits per heavy atom. The second-order valence-corrected chi connectivity index (χ2v) is 7.13. The second kappa shape index (κ2) is 8.86. The van der Waals surface area contributed by atoms with Gasteiger partial charge in [0.2, 0.25) is 5.91 Å². The summed E-state index contributed by atoms with van der Waals surface area (Å²) in [5, 5.41) is 4.40. The van der Waals surface area contributed by atoms with Gasteiger partial charge in [-0.25, -0.2) is 9.67 Å². The van der Waals surface area contributed by atoms with Gasteiger partial charge in [-0.3, -0.25) is 14.6 Å². The van der Waals surface area contributed by atoms with Crippen LogP contribution in [0.4, 0.5) is 0 Å². The predicted octanol–water partition coefficient (Wildman–Crippen LogP) is 1.75. The number of carbonyl (C=O) groups excluding carboxylic acids is 2. The largest absolute Gasteiger partial charge is 0.339 e. The van der Waals surface area contributed by atoms with Crippen molar-refractivity contribution in [3.05, 3.63) is 71.9 Å². The van der Waals surface area contributed by atoms with Gasteiger partial charge in [-0.1, -0.05) is 19.1 Å². The molecule has 3 aromatic rings. The summed E-state index contributed by atoms with van der Waals surface area (Å²) in [7, 11) is 0. The molecule has 0 atom stereocenters. The molecule has 0 spiro atoms. The summed E-state index contributed by atoms with van der Waals surface area (Å²) >= 11 is 0. The molecule has 1 aliphatic rings. The lowest BCUT2D eigenvalue weighted by Gasteiger charge is -2.34. The van der Waals surface area contributed by atoms with E-state index in [1.807, 2.05) is 43.3 Å². The molecule has 0 bridgehead atoms. The van der Waals surface area contributed by atoms with Gasteiger partial charge in [-0.05, 0) is 30.7 Å². The van der Waals surface area contributed by atoms with E-state index in [0.717, 1.165) is 11.4 Å². The number of hydrogen-bond acceptors (Lipinski definition) is 5. The van der Waals surface area contributed by atoms with E-state index >= 15 is 0 Å². The molecule has 4 heterocycles. The van der Waals surface area contributed by atoms with E-state index in [-0.39, 0.29) is 18.2 Å². The highest BCUT2D eigenvalue weighted by molar-refractivity contribution is 5.95. The molecular weight excluding hydrogens is 380 g/mol. The number of hydrogen-bond donors (Lipinski definition) is 0. The number of pyridine rings is 2. The first kappa shape index (κ1) is 19.8. The zero-order chi connectivity index (χ0) is 20.9. The fourth-order valence-corrected chi connectivity index (χ4v) is 3.67. The molecular formula is C22H24N6O2. The fraction of sp³-hybridized carbons (Fsp3) is 0.318. The van der Waals surface area contributed by atoms with Crippen LogP contribution < -0.4 is 0 Å². The van der Waals surface area contributed by atoms with Crippen LogP contribution in [0.5, 0.6) is 0 Å². The number of carbonyl (C=O) groups is 2. The summed E-state index contributed by atoms with van der Waals surface area (Å²) in [6, 6.07) is 11.2. The molecule has 1 fully saturated rings. The highest BCUT2D eigenvalue weighted by atomic mass is 16.2.